The smallest absolute Gasteiger partial charge is 0.0589 e. The Morgan fingerprint density at radius 3 is 2.82 bits per heavy atom. The van der Waals surface area contributed by atoms with Crippen LogP contribution in [0.2, 0.25) is 5.02 Å². The van der Waals surface area contributed by atoms with E-state index in [1.807, 2.05) is 18.2 Å². The zero-order valence-corrected chi connectivity index (χ0v) is 10.9. The number of hydrogen-bond donors (Lipinski definition) is 1. The molecule has 0 aliphatic heterocycles. The summed E-state index contributed by atoms with van der Waals surface area (Å²) in [5.41, 5.74) is 7.56. The monoisotopic (exact) mass is 254 g/mol. The minimum atomic E-state index is 0.672. The highest BCUT2D eigenvalue weighted by atomic mass is 35.5. The number of nitrogens with zero attached hydrogens (tertiary/aromatic N) is 1. The summed E-state index contributed by atoms with van der Waals surface area (Å²) >= 11 is 5.97. The van der Waals surface area contributed by atoms with Crippen LogP contribution < -0.4 is 5.73 Å². The van der Waals surface area contributed by atoms with E-state index in [4.69, 9.17) is 22.1 Å². The third-order valence-electron chi connectivity index (χ3n) is 2.39. The molecule has 0 aromatic heterocycles. The van der Waals surface area contributed by atoms with Gasteiger partial charge in [0.1, 0.15) is 0 Å². The van der Waals surface area contributed by atoms with Gasteiger partial charge >= 0.3 is 0 Å². The van der Waals surface area contributed by atoms with Crippen molar-refractivity contribution in [3.8, 4) is 0 Å². The summed E-state index contributed by atoms with van der Waals surface area (Å²) in [5.74, 6) is 0. The molecule has 0 saturated carbocycles. The van der Waals surface area contributed by atoms with E-state index in [-0.39, 0.29) is 0 Å². The van der Waals surface area contributed by atoms with Gasteiger partial charge in [0.05, 0.1) is 6.61 Å². The van der Waals surface area contributed by atoms with Gasteiger partial charge in [0.15, 0.2) is 0 Å². The zero-order chi connectivity index (χ0) is 12.7. The highest BCUT2D eigenvalue weighted by Crippen LogP contribution is 2.17. The van der Waals surface area contributed by atoms with Gasteiger partial charge in [-0.15, -0.1) is 6.58 Å². The average Bonchev–Trinajstić information content (AvgIpc) is 2.24. The van der Waals surface area contributed by atoms with Gasteiger partial charge in [0.25, 0.3) is 0 Å². The molecule has 0 heterocycles. The first kappa shape index (κ1) is 14.0. The molecule has 2 N–H and O–H groups in total. The molecular weight excluding hydrogens is 236 g/mol. The van der Waals surface area contributed by atoms with Crippen LogP contribution in [0.3, 0.4) is 0 Å². The Bertz CT molecular complexity index is 348. The molecule has 0 amide bonds. The van der Waals surface area contributed by atoms with E-state index in [1.165, 1.54) is 0 Å². The summed E-state index contributed by atoms with van der Waals surface area (Å²) in [4.78, 5) is 2.22. The second-order valence-electron chi connectivity index (χ2n) is 3.91. The van der Waals surface area contributed by atoms with Gasteiger partial charge in [-0.3, -0.25) is 4.90 Å². The minimum Gasteiger partial charge on any atom is -0.399 e. The van der Waals surface area contributed by atoms with Gasteiger partial charge in [-0.25, -0.2) is 0 Å². The second kappa shape index (κ2) is 7.33. The number of methoxy groups -OCH3 is 1. The third kappa shape index (κ3) is 5.22. The summed E-state index contributed by atoms with van der Waals surface area (Å²) in [6.45, 7) is 6.91. The molecule has 0 spiro atoms. The summed E-state index contributed by atoms with van der Waals surface area (Å²) in [5, 5.41) is 0.672. The van der Waals surface area contributed by atoms with Gasteiger partial charge in [0, 0.05) is 37.5 Å². The van der Waals surface area contributed by atoms with E-state index < -0.39 is 0 Å². The van der Waals surface area contributed by atoms with Crippen molar-refractivity contribution in [1.82, 2.24) is 4.90 Å². The quantitative estimate of drug-likeness (QED) is 0.600. The Labute approximate surface area is 108 Å². The van der Waals surface area contributed by atoms with Crippen LogP contribution in [0.1, 0.15) is 5.56 Å². The predicted molar refractivity (Wildman–Crippen MR) is 73.2 cm³/mol. The molecule has 3 nitrogen and oxygen atoms in total. The van der Waals surface area contributed by atoms with Gasteiger partial charge < -0.3 is 10.5 Å². The normalized spacial score (nSPS) is 10.8. The zero-order valence-electron chi connectivity index (χ0n) is 10.2. The molecule has 0 radical (unpaired) electrons. The van der Waals surface area contributed by atoms with Crippen LogP contribution in [0.25, 0.3) is 0 Å². The van der Waals surface area contributed by atoms with Crippen molar-refractivity contribution < 1.29 is 4.74 Å². The fraction of sp³-hybridized carbons (Fsp3) is 0.385. The molecule has 0 aliphatic rings. The lowest BCUT2D eigenvalue weighted by Gasteiger charge is -2.20. The minimum absolute atomic E-state index is 0.672. The van der Waals surface area contributed by atoms with Crippen LogP contribution in [0.15, 0.2) is 30.9 Å². The van der Waals surface area contributed by atoms with Crippen molar-refractivity contribution in [2.75, 3.05) is 32.5 Å². The maximum atomic E-state index is 5.97. The van der Waals surface area contributed by atoms with E-state index in [1.54, 1.807) is 13.2 Å². The highest BCUT2D eigenvalue weighted by Gasteiger charge is 2.05. The molecule has 0 atom stereocenters. The van der Waals surface area contributed by atoms with E-state index in [9.17, 15) is 0 Å². The molecule has 1 aromatic rings. The maximum absolute atomic E-state index is 5.97. The van der Waals surface area contributed by atoms with Gasteiger partial charge in [-0.05, 0) is 23.8 Å². The van der Waals surface area contributed by atoms with Crippen LogP contribution in [-0.4, -0.2) is 31.7 Å². The molecule has 0 aliphatic carbocycles. The van der Waals surface area contributed by atoms with Crippen LogP contribution in [0.5, 0.6) is 0 Å². The lowest BCUT2D eigenvalue weighted by Crippen LogP contribution is -2.27. The van der Waals surface area contributed by atoms with E-state index in [0.29, 0.717) is 17.3 Å². The van der Waals surface area contributed by atoms with Gasteiger partial charge in [-0.1, -0.05) is 17.7 Å². The fourth-order valence-electron chi connectivity index (χ4n) is 1.66. The van der Waals surface area contributed by atoms with Crippen molar-refractivity contribution in [3.05, 3.63) is 41.4 Å². The molecule has 1 rings (SSSR count). The summed E-state index contributed by atoms with van der Waals surface area (Å²) < 4.78 is 5.08. The largest absolute Gasteiger partial charge is 0.399 e. The Morgan fingerprint density at radius 1 is 1.47 bits per heavy atom. The van der Waals surface area contributed by atoms with E-state index >= 15 is 0 Å². The Hall–Kier alpha value is -1.03. The number of hydrogen-bond acceptors (Lipinski definition) is 3. The Morgan fingerprint density at radius 2 is 2.24 bits per heavy atom. The van der Waals surface area contributed by atoms with Gasteiger partial charge in [0.2, 0.25) is 0 Å². The lowest BCUT2D eigenvalue weighted by atomic mass is 10.2. The lowest BCUT2D eigenvalue weighted by molar-refractivity contribution is 0.151. The van der Waals surface area contributed by atoms with Crippen molar-refractivity contribution in [2.24, 2.45) is 0 Å². The molecule has 17 heavy (non-hydrogen) atoms. The Kier molecular flexibility index (Phi) is 6.05. The number of nitrogen functional groups attached to an aromatic ring is 1. The topological polar surface area (TPSA) is 38.5 Å². The summed E-state index contributed by atoms with van der Waals surface area (Å²) in [6, 6.07) is 5.62. The second-order valence-corrected chi connectivity index (χ2v) is 4.35. The molecule has 0 bridgehead atoms. The van der Waals surface area contributed by atoms with Crippen LogP contribution in [0.4, 0.5) is 5.69 Å². The molecular formula is C13H19ClN2O. The van der Waals surface area contributed by atoms with Crippen LogP contribution >= 0.6 is 11.6 Å². The molecule has 0 unspecified atom stereocenters. The number of nitrogens with two attached hydrogens (primary N) is 1. The standard InChI is InChI=1S/C13H19ClN2O/c1-3-4-16(5-6-17-2)10-11-7-12(14)9-13(15)8-11/h3,7-9H,1,4-6,10,15H2,2H3. The van der Waals surface area contributed by atoms with Gasteiger partial charge in [-0.2, -0.15) is 0 Å². The predicted octanol–water partition coefficient (Wildman–Crippen LogP) is 2.56. The SMILES string of the molecule is C=CCN(CCOC)Cc1cc(N)cc(Cl)c1. The summed E-state index contributed by atoms with van der Waals surface area (Å²) in [7, 11) is 1.70. The number of halogens is 1. The fourth-order valence-corrected chi connectivity index (χ4v) is 1.93. The maximum Gasteiger partial charge on any atom is 0.0589 e. The molecule has 0 fully saturated rings. The number of anilines is 1. The first-order chi connectivity index (χ1) is 8.15. The molecule has 0 saturated heterocycles. The average molecular weight is 255 g/mol. The number of benzene rings is 1. The third-order valence-corrected chi connectivity index (χ3v) is 2.60. The Balaban J connectivity index is 2.67. The number of rotatable bonds is 7. The van der Waals surface area contributed by atoms with Crippen molar-refractivity contribution >= 4 is 17.3 Å². The first-order valence-corrected chi connectivity index (χ1v) is 5.90. The highest BCUT2D eigenvalue weighted by molar-refractivity contribution is 6.30. The van der Waals surface area contributed by atoms with Crippen molar-refractivity contribution in [3.63, 3.8) is 0 Å². The van der Waals surface area contributed by atoms with E-state index in [2.05, 4.69) is 11.5 Å². The summed E-state index contributed by atoms with van der Waals surface area (Å²) in [6.07, 6.45) is 1.88. The first-order valence-electron chi connectivity index (χ1n) is 5.53. The molecule has 4 heteroatoms. The molecule has 1 aromatic carbocycles. The number of ether oxygens (including phenoxy) is 1. The van der Waals surface area contributed by atoms with Crippen molar-refractivity contribution in [1.29, 1.82) is 0 Å². The van der Waals surface area contributed by atoms with Crippen molar-refractivity contribution in [2.45, 2.75) is 6.54 Å². The van der Waals surface area contributed by atoms with E-state index in [0.717, 1.165) is 25.2 Å². The molecule has 94 valence electrons. The van der Waals surface area contributed by atoms with Crippen LogP contribution in [0, 0.1) is 0 Å². The van der Waals surface area contributed by atoms with Crippen LogP contribution in [-0.2, 0) is 11.3 Å².